The Morgan fingerprint density at radius 1 is 1.30 bits per heavy atom. The topological polar surface area (TPSA) is 45.2 Å². The van der Waals surface area contributed by atoms with Crippen LogP contribution in [0.2, 0.25) is 0 Å². The fraction of sp³-hybridized carbons (Fsp3) is 0.263. The highest BCUT2D eigenvalue weighted by molar-refractivity contribution is 5.94. The van der Waals surface area contributed by atoms with Gasteiger partial charge in [-0.15, -0.1) is 6.58 Å². The second-order valence-electron chi connectivity index (χ2n) is 5.64. The maximum Gasteiger partial charge on any atom is 0.253 e. The summed E-state index contributed by atoms with van der Waals surface area (Å²) in [7, 11) is 0. The molecule has 23 heavy (non-hydrogen) atoms. The predicted octanol–water partition coefficient (Wildman–Crippen LogP) is 3.41. The van der Waals surface area contributed by atoms with E-state index in [4.69, 9.17) is 0 Å². The van der Waals surface area contributed by atoms with Crippen LogP contribution in [0.5, 0.6) is 0 Å². The lowest BCUT2D eigenvalue weighted by atomic mass is 10.1. The molecule has 4 heteroatoms. The van der Waals surface area contributed by atoms with Crippen molar-refractivity contribution in [2.75, 3.05) is 11.4 Å². The number of carbonyl (C=O) groups is 1. The average Bonchev–Trinajstić information content (AvgIpc) is 2.58. The molecule has 2 rings (SSSR count). The van der Waals surface area contributed by atoms with Crippen molar-refractivity contribution in [3.63, 3.8) is 0 Å². The Morgan fingerprint density at radius 3 is 2.70 bits per heavy atom. The molecule has 0 saturated carbocycles. The number of hydrogen-bond acceptors (Lipinski definition) is 3. The summed E-state index contributed by atoms with van der Waals surface area (Å²) in [5.74, 6) is -0.136. The highest BCUT2D eigenvalue weighted by Crippen LogP contribution is 2.20. The Bertz CT molecular complexity index is 653. The van der Waals surface area contributed by atoms with Crippen LogP contribution in [0.4, 0.5) is 5.69 Å². The molecule has 1 aromatic carbocycles. The number of amides is 1. The number of rotatable bonds is 7. The van der Waals surface area contributed by atoms with Crippen LogP contribution < -0.4 is 10.2 Å². The van der Waals surface area contributed by atoms with Gasteiger partial charge in [0.2, 0.25) is 0 Å². The van der Waals surface area contributed by atoms with E-state index in [-0.39, 0.29) is 5.91 Å². The summed E-state index contributed by atoms with van der Waals surface area (Å²) in [6, 6.07) is 12.5. The van der Waals surface area contributed by atoms with E-state index < -0.39 is 0 Å². The van der Waals surface area contributed by atoms with Crippen LogP contribution >= 0.6 is 0 Å². The molecule has 1 aromatic heterocycles. The van der Waals surface area contributed by atoms with Gasteiger partial charge in [-0.25, -0.2) is 0 Å². The van der Waals surface area contributed by atoms with E-state index in [2.05, 4.69) is 47.8 Å². The molecule has 4 nitrogen and oxygen atoms in total. The van der Waals surface area contributed by atoms with Gasteiger partial charge in [-0.3, -0.25) is 9.78 Å². The Hall–Kier alpha value is -2.62. The zero-order valence-corrected chi connectivity index (χ0v) is 13.7. The van der Waals surface area contributed by atoms with Crippen molar-refractivity contribution >= 4 is 11.6 Å². The van der Waals surface area contributed by atoms with Gasteiger partial charge in [0.05, 0.1) is 17.4 Å². The summed E-state index contributed by atoms with van der Waals surface area (Å²) in [5.41, 5.74) is 2.72. The summed E-state index contributed by atoms with van der Waals surface area (Å²) < 4.78 is 0. The second-order valence-corrected chi connectivity index (χ2v) is 5.64. The first-order valence-electron chi connectivity index (χ1n) is 7.76. The van der Waals surface area contributed by atoms with Crippen molar-refractivity contribution in [3.8, 4) is 0 Å². The summed E-state index contributed by atoms with van der Waals surface area (Å²) >= 11 is 0. The molecule has 0 aliphatic carbocycles. The zero-order chi connectivity index (χ0) is 16.7. The van der Waals surface area contributed by atoms with Crippen molar-refractivity contribution < 1.29 is 4.79 Å². The van der Waals surface area contributed by atoms with Gasteiger partial charge in [-0.2, -0.15) is 0 Å². The van der Waals surface area contributed by atoms with E-state index in [0.717, 1.165) is 12.2 Å². The van der Waals surface area contributed by atoms with Gasteiger partial charge in [-0.05, 0) is 25.5 Å². The molecule has 0 aliphatic rings. The molecular formula is C19H23N3O. The number of carbonyl (C=O) groups excluding carboxylic acids is 1. The van der Waals surface area contributed by atoms with Crippen LogP contribution in [0.25, 0.3) is 0 Å². The third-order valence-electron chi connectivity index (χ3n) is 3.54. The molecule has 0 aliphatic heterocycles. The maximum absolute atomic E-state index is 12.1. The Labute approximate surface area is 137 Å². The standard InChI is InChI=1S/C19H23N3O/c1-4-10-21-19(23)17-11-18(13-20-12-17)22(15(2)3)14-16-8-6-5-7-9-16/h4-9,11-13,15H,1,10,14H2,2-3H3,(H,21,23). The van der Waals surface area contributed by atoms with E-state index >= 15 is 0 Å². The molecule has 1 N–H and O–H groups in total. The van der Waals surface area contributed by atoms with Gasteiger partial charge in [0.15, 0.2) is 0 Å². The Kier molecular flexibility index (Phi) is 5.92. The average molecular weight is 309 g/mol. The maximum atomic E-state index is 12.1. The van der Waals surface area contributed by atoms with E-state index in [9.17, 15) is 4.79 Å². The molecule has 0 radical (unpaired) electrons. The fourth-order valence-electron chi connectivity index (χ4n) is 2.33. The van der Waals surface area contributed by atoms with Crippen LogP contribution in [0.1, 0.15) is 29.8 Å². The molecule has 0 spiro atoms. The summed E-state index contributed by atoms with van der Waals surface area (Å²) in [4.78, 5) is 18.5. The molecule has 0 atom stereocenters. The van der Waals surface area contributed by atoms with Crippen molar-refractivity contribution in [3.05, 3.63) is 72.6 Å². The van der Waals surface area contributed by atoms with Crippen LogP contribution in [-0.2, 0) is 6.54 Å². The normalized spacial score (nSPS) is 10.4. The lowest BCUT2D eigenvalue weighted by Crippen LogP contribution is -2.31. The van der Waals surface area contributed by atoms with Gasteiger partial charge in [0, 0.05) is 25.3 Å². The molecule has 0 fully saturated rings. The zero-order valence-electron chi connectivity index (χ0n) is 13.7. The Morgan fingerprint density at radius 2 is 2.04 bits per heavy atom. The van der Waals surface area contributed by atoms with Gasteiger partial charge in [0.25, 0.3) is 5.91 Å². The third kappa shape index (κ3) is 4.68. The number of aromatic nitrogens is 1. The van der Waals surface area contributed by atoms with E-state index in [1.54, 1.807) is 18.5 Å². The summed E-state index contributed by atoms with van der Waals surface area (Å²) in [6.07, 6.45) is 5.04. The number of anilines is 1. The van der Waals surface area contributed by atoms with Crippen LogP contribution in [0.15, 0.2) is 61.4 Å². The lowest BCUT2D eigenvalue weighted by Gasteiger charge is -2.29. The molecule has 1 amide bonds. The predicted molar refractivity (Wildman–Crippen MR) is 94.5 cm³/mol. The van der Waals surface area contributed by atoms with E-state index in [1.807, 2.05) is 24.3 Å². The molecule has 2 aromatic rings. The van der Waals surface area contributed by atoms with Crippen molar-refractivity contribution in [2.45, 2.75) is 26.4 Å². The number of benzene rings is 1. The van der Waals surface area contributed by atoms with Crippen molar-refractivity contribution in [1.82, 2.24) is 10.3 Å². The monoisotopic (exact) mass is 309 g/mol. The van der Waals surface area contributed by atoms with Crippen LogP contribution in [0, 0.1) is 0 Å². The minimum absolute atomic E-state index is 0.136. The number of nitrogens with zero attached hydrogens (tertiary/aromatic N) is 2. The number of pyridine rings is 1. The highest BCUT2D eigenvalue weighted by atomic mass is 16.1. The molecule has 0 bridgehead atoms. The molecule has 0 saturated heterocycles. The molecule has 1 heterocycles. The first-order valence-corrected chi connectivity index (χ1v) is 7.76. The SMILES string of the molecule is C=CCNC(=O)c1cncc(N(Cc2ccccc2)C(C)C)c1. The molecule has 0 unspecified atom stereocenters. The minimum atomic E-state index is -0.136. The van der Waals surface area contributed by atoms with Crippen LogP contribution in [0.3, 0.4) is 0 Å². The van der Waals surface area contributed by atoms with Gasteiger partial charge in [0.1, 0.15) is 0 Å². The van der Waals surface area contributed by atoms with Crippen molar-refractivity contribution in [2.24, 2.45) is 0 Å². The largest absolute Gasteiger partial charge is 0.364 e. The van der Waals surface area contributed by atoms with E-state index in [0.29, 0.717) is 18.2 Å². The van der Waals surface area contributed by atoms with Gasteiger partial charge < -0.3 is 10.2 Å². The smallest absolute Gasteiger partial charge is 0.253 e. The number of hydrogen-bond donors (Lipinski definition) is 1. The first-order chi connectivity index (χ1) is 11.1. The molecule has 120 valence electrons. The quantitative estimate of drug-likeness (QED) is 0.797. The molecular weight excluding hydrogens is 286 g/mol. The second kappa shape index (κ2) is 8.13. The lowest BCUT2D eigenvalue weighted by molar-refractivity contribution is 0.0957. The van der Waals surface area contributed by atoms with Crippen molar-refractivity contribution in [1.29, 1.82) is 0 Å². The van der Waals surface area contributed by atoms with Gasteiger partial charge in [-0.1, -0.05) is 36.4 Å². The summed E-state index contributed by atoms with van der Waals surface area (Å²) in [6.45, 7) is 9.09. The summed E-state index contributed by atoms with van der Waals surface area (Å²) in [5, 5.41) is 2.78. The third-order valence-corrected chi connectivity index (χ3v) is 3.54. The van der Waals surface area contributed by atoms with E-state index in [1.165, 1.54) is 5.56 Å². The minimum Gasteiger partial charge on any atom is -0.364 e. The first kappa shape index (κ1) is 16.7. The fourth-order valence-corrected chi connectivity index (χ4v) is 2.33. The highest BCUT2D eigenvalue weighted by Gasteiger charge is 2.14. The van der Waals surface area contributed by atoms with Gasteiger partial charge >= 0.3 is 0 Å². The Balaban J connectivity index is 2.22. The van der Waals surface area contributed by atoms with Crippen LogP contribution in [-0.4, -0.2) is 23.5 Å². The number of nitrogens with one attached hydrogen (secondary N) is 1.